The number of benzene rings is 2. The molecule has 2 saturated heterocycles. The number of amides is 2. The third kappa shape index (κ3) is 7.28. The lowest BCUT2D eigenvalue weighted by Gasteiger charge is -2.26. The zero-order valence-electron chi connectivity index (χ0n) is 22.9. The molecule has 2 aliphatic rings. The maximum absolute atomic E-state index is 14.0. The summed E-state index contributed by atoms with van der Waals surface area (Å²) in [6, 6.07) is 12.0. The second-order valence-corrected chi connectivity index (χ2v) is 13.4. The molecule has 216 valence electrons. The molecular weight excluding hydrogens is 555 g/mol. The van der Waals surface area contributed by atoms with Crippen LogP contribution >= 0.6 is 11.8 Å². The number of amidine groups is 1. The molecule has 2 heterocycles. The Kier molecular flexibility index (Phi) is 9.99. The van der Waals surface area contributed by atoms with E-state index in [-0.39, 0.29) is 29.0 Å². The van der Waals surface area contributed by atoms with E-state index in [0.29, 0.717) is 43.1 Å². The lowest BCUT2D eigenvalue weighted by molar-refractivity contribution is -0.129. The van der Waals surface area contributed by atoms with Crippen LogP contribution in [0.5, 0.6) is 0 Å². The molecule has 2 aromatic rings. The lowest BCUT2D eigenvalue weighted by atomic mass is 10.0. The van der Waals surface area contributed by atoms with Gasteiger partial charge in [0.25, 0.3) is 0 Å². The number of anilines is 1. The number of sulfonamides is 1. The van der Waals surface area contributed by atoms with Crippen molar-refractivity contribution in [3.8, 4) is 0 Å². The largest absolute Gasteiger partial charge is 0.379 e. The molecule has 0 unspecified atom stereocenters. The predicted octanol–water partition coefficient (Wildman–Crippen LogP) is 4.63. The number of rotatable bonds is 10. The number of carbonyl (C=O) groups is 2. The van der Waals surface area contributed by atoms with Crippen molar-refractivity contribution in [2.75, 3.05) is 31.6 Å². The van der Waals surface area contributed by atoms with Gasteiger partial charge in [0.05, 0.1) is 29.5 Å². The number of hydrogen-bond acceptors (Lipinski definition) is 7. The van der Waals surface area contributed by atoms with Crippen LogP contribution in [-0.4, -0.2) is 72.2 Å². The molecule has 2 fully saturated rings. The number of morpholine rings is 1. The normalized spacial score (nSPS) is 20.3. The van der Waals surface area contributed by atoms with Gasteiger partial charge < -0.3 is 10.1 Å². The van der Waals surface area contributed by atoms with Crippen LogP contribution in [0.3, 0.4) is 0 Å². The smallest absolute Gasteiger partial charge is 0.243 e. The second-order valence-electron chi connectivity index (χ2n) is 10.3. The van der Waals surface area contributed by atoms with E-state index in [1.165, 1.54) is 46.4 Å². The third-order valence-electron chi connectivity index (χ3n) is 6.76. The van der Waals surface area contributed by atoms with Gasteiger partial charge in [-0.1, -0.05) is 37.7 Å². The van der Waals surface area contributed by atoms with Crippen LogP contribution < -0.4 is 5.32 Å². The minimum atomic E-state index is -3.64. The fraction of sp³-hybridized carbons (Fsp3) is 0.464. The first-order valence-corrected chi connectivity index (χ1v) is 15.7. The van der Waals surface area contributed by atoms with Crippen LogP contribution in [0.15, 0.2) is 58.4 Å². The average Bonchev–Trinajstić information content (AvgIpc) is 3.23. The van der Waals surface area contributed by atoms with Gasteiger partial charge in [-0.25, -0.2) is 17.8 Å². The molecule has 9 nitrogen and oxygen atoms in total. The molecule has 0 saturated carbocycles. The summed E-state index contributed by atoms with van der Waals surface area (Å²) in [5, 5.41) is 2.28. The first-order chi connectivity index (χ1) is 19.1. The Balaban J connectivity index is 1.53. The van der Waals surface area contributed by atoms with Crippen LogP contribution in [0.2, 0.25) is 0 Å². The van der Waals surface area contributed by atoms with Gasteiger partial charge in [-0.05, 0) is 62.1 Å². The number of thioether (sulfide) groups is 1. The molecule has 2 atom stereocenters. The summed E-state index contributed by atoms with van der Waals surface area (Å²) < 4.78 is 46.6. The summed E-state index contributed by atoms with van der Waals surface area (Å²) in [7, 11) is -3.64. The standard InChI is InChI=1S/C28H35FN4O5S2/c1-19(2)8-9-20(3)33-27(35)25(18-26(34)31-24-7-5-4-6-23(24)29)39-28(33)30-21-10-12-22(13-11-21)40(36,37)32-14-16-38-17-15-32/h4-7,10-13,19-20,25H,8-9,14-18H2,1-3H3,(H,31,34)/t20-,25+/m1/s1. The van der Waals surface area contributed by atoms with E-state index in [2.05, 4.69) is 19.2 Å². The molecular formula is C28H35FN4O5S2. The SMILES string of the molecule is CC(C)CC[C@@H](C)N1C(=O)[C@H](CC(=O)Nc2ccccc2F)SC1=Nc1ccc(S(=O)(=O)N2CCOCC2)cc1. The number of hydrogen-bond donors (Lipinski definition) is 1. The first-order valence-electron chi connectivity index (χ1n) is 13.4. The van der Waals surface area contributed by atoms with E-state index in [0.717, 1.165) is 12.8 Å². The fourth-order valence-electron chi connectivity index (χ4n) is 4.47. The molecule has 12 heteroatoms. The zero-order chi connectivity index (χ0) is 28.9. The number of nitrogens with one attached hydrogen (secondary N) is 1. The van der Waals surface area contributed by atoms with Crippen LogP contribution in [0.4, 0.5) is 15.8 Å². The maximum atomic E-state index is 14.0. The summed E-state index contributed by atoms with van der Waals surface area (Å²) in [5.74, 6) is -0.789. The van der Waals surface area contributed by atoms with E-state index < -0.39 is 27.0 Å². The maximum Gasteiger partial charge on any atom is 0.243 e. The van der Waals surface area contributed by atoms with Crippen LogP contribution in [0.1, 0.15) is 40.0 Å². The fourth-order valence-corrected chi connectivity index (χ4v) is 7.13. The van der Waals surface area contributed by atoms with Crippen molar-refractivity contribution in [2.45, 2.75) is 56.2 Å². The van der Waals surface area contributed by atoms with E-state index in [1.54, 1.807) is 23.1 Å². The molecule has 0 aliphatic carbocycles. The summed E-state index contributed by atoms with van der Waals surface area (Å²) >= 11 is 1.19. The number of ether oxygens (including phenoxy) is 1. The highest BCUT2D eigenvalue weighted by Gasteiger charge is 2.41. The number of nitrogens with zero attached hydrogens (tertiary/aromatic N) is 3. The van der Waals surface area contributed by atoms with Crippen molar-refractivity contribution in [3.63, 3.8) is 0 Å². The molecule has 0 bridgehead atoms. The van der Waals surface area contributed by atoms with Gasteiger partial charge >= 0.3 is 0 Å². The van der Waals surface area contributed by atoms with Crippen molar-refractivity contribution in [2.24, 2.45) is 10.9 Å². The van der Waals surface area contributed by atoms with Gasteiger partial charge in [0.15, 0.2) is 5.17 Å². The Hall–Kier alpha value is -2.80. The zero-order valence-corrected chi connectivity index (χ0v) is 24.5. The minimum Gasteiger partial charge on any atom is -0.379 e. The Labute approximate surface area is 239 Å². The average molecular weight is 591 g/mol. The summed E-state index contributed by atoms with van der Waals surface area (Å²) in [5.41, 5.74) is 0.555. The van der Waals surface area contributed by atoms with Crippen molar-refractivity contribution in [1.29, 1.82) is 0 Å². The van der Waals surface area contributed by atoms with Gasteiger partial charge in [0, 0.05) is 25.6 Å². The van der Waals surface area contributed by atoms with Gasteiger partial charge in [-0.15, -0.1) is 0 Å². The molecule has 2 amide bonds. The summed E-state index contributed by atoms with van der Waals surface area (Å²) in [4.78, 5) is 32.7. The Morgan fingerprint density at radius 3 is 2.42 bits per heavy atom. The number of carbonyl (C=O) groups excluding carboxylic acids is 2. The van der Waals surface area contributed by atoms with Crippen LogP contribution in [-0.2, 0) is 24.3 Å². The number of halogens is 1. The van der Waals surface area contributed by atoms with Gasteiger partial charge in [-0.2, -0.15) is 4.31 Å². The highest BCUT2D eigenvalue weighted by Crippen LogP contribution is 2.35. The van der Waals surface area contributed by atoms with Crippen molar-refractivity contribution < 1.29 is 27.1 Å². The molecule has 1 N–H and O–H groups in total. The van der Waals surface area contributed by atoms with E-state index in [9.17, 15) is 22.4 Å². The van der Waals surface area contributed by atoms with Crippen molar-refractivity contribution in [3.05, 3.63) is 54.3 Å². The molecule has 2 aromatic carbocycles. The molecule has 0 aromatic heterocycles. The monoisotopic (exact) mass is 590 g/mol. The first kappa shape index (κ1) is 30.2. The van der Waals surface area contributed by atoms with Gasteiger partial charge in [-0.3, -0.25) is 14.5 Å². The molecule has 0 spiro atoms. The van der Waals surface area contributed by atoms with E-state index in [4.69, 9.17) is 9.73 Å². The molecule has 0 radical (unpaired) electrons. The quantitative estimate of drug-likeness (QED) is 0.432. The Morgan fingerprint density at radius 1 is 1.10 bits per heavy atom. The van der Waals surface area contributed by atoms with Crippen molar-refractivity contribution >= 4 is 50.1 Å². The highest BCUT2D eigenvalue weighted by atomic mass is 32.2. The van der Waals surface area contributed by atoms with E-state index in [1.807, 2.05) is 6.92 Å². The minimum absolute atomic E-state index is 0.0612. The van der Waals surface area contributed by atoms with Crippen LogP contribution in [0.25, 0.3) is 0 Å². The lowest BCUT2D eigenvalue weighted by Crippen LogP contribution is -2.40. The third-order valence-corrected chi connectivity index (χ3v) is 9.82. The number of para-hydroxylation sites is 1. The molecule has 4 rings (SSSR count). The topological polar surface area (TPSA) is 108 Å². The second kappa shape index (κ2) is 13.2. The van der Waals surface area contributed by atoms with Gasteiger partial charge in [0.2, 0.25) is 21.8 Å². The van der Waals surface area contributed by atoms with Crippen LogP contribution in [0, 0.1) is 11.7 Å². The Morgan fingerprint density at radius 2 is 1.77 bits per heavy atom. The highest BCUT2D eigenvalue weighted by molar-refractivity contribution is 8.15. The Bertz CT molecular complexity index is 1340. The van der Waals surface area contributed by atoms with Gasteiger partial charge in [0.1, 0.15) is 11.1 Å². The predicted molar refractivity (Wildman–Crippen MR) is 155 cm³/mol. The summed E-state index contributed by atoms with van der Waals surface area (Å²) in [6.45, 7) is 7.52. The van der Waals surface area contributed by atoms with Crippen molar-refractivity contribution in [1.82, 2.24) is 9.21 Å². The summed E-state index contributed by atoms with van der Waals surface area (Å²) in [6.07, 6.45) is 1.53. The number of aliphatic imine (C=N–C) groups is 1. The molecule has 40 heavy (non-hydrogen) atoms. The molecule has 2 aliphatic heterocycles. The van der Waals surface area contributed by atoms with E-state index >= 15 is 0 Å².